The van der Waals surface area contributed by atoms with Gasteiger partial charge in [0.25, 0.3) is 5.91 Å². The smallest absolute Gasteiger partial charge is 0.264 e. The minimum absolute atomic E-state index is 0.126. The summed E-state index contributed by atoms with van der Waals surface area (Å²) in [5.74, 6) is 0.126. The van der Waals surface area contributed by atoms with E-state index in [-0.39, 0.29) is 17.6 Å². The van der Waals surface area contributed by atoms with Gasteiger partial charge in [0, 0.05) is 25.4 Å². The first-order valence-electron chi connectivity index (χ1n) is 8.63. The molecule has 4 rings (SSSR count). The number of nitrogens with zero attached hydrogens (tertiary/aromatic N) is 2. The number of amides is 1. The maximum Gasteiger partial charge on any atom is 0.264 e. The van der Waals surface area contributed by atoms with Gasteiger partial charge in [0.05, 0.1) is 30.7 Å². The lowest BCUT2D eigenvalue weighted by molar-refractivity contribution is -0.187. The molecule has 0 aliphatic carbocycles. The van der Waals surface area contributed by atoms with Gasteiger partial charge in [-0.2, -0.15) is 0 Å². The van der Waals surface area contributed by atoms with Crippen molar-refractivity contribution in [3.8, 4) is 0 Å². The quantitative estimate of drug-likeness (QED) is 0.843. The molecule has 4 heterocycles. The number of thiophene rings is 1. The second-order valence-electron chi connectivity index (χ2n) is 6.91. The van der Waals surface area contributed by atoms with E-state index < -0.39 is 0 Å². The van der Waals surface area contributed by atoms with E-state index >= 15 is 0 Å². The summed E-state index contributed by atoms with van der Waals surface area (Å²) in [5, 5.41) is 1.97. The van der Waals surface area contributed by atoms with Gasteiger partial charge >= 0.3 is 0 Å². The molecule has 2 aliphatic heterocycles. The average molecular weight is 358 g/mol. The number of pyridine rings is 1. The van der Waals surface area contributed by atoms with E-state index in [0.29, 0.717) is 26.3 Å². The molecule has 1 spiro atoms. The molecule has 1 unspecified atom stereocenters. The van der Waals surface area contributed by atoms with Crippen molar-refractivity contribution >= 4 is 17.2 Å². The Bertz CT molecular complexity index is 740. The van der Waals surface area contributed by atoms with Gasteiger partial charge < -0.3 is 14.4 Å². The van der Waals surface area contributed by atoms with Crippen LogP contribution in [0, 0.1) is 6.92 Å². The number of carbonyl (C=O) groups is 1. The molecule has 6 heteroatoms. The van der Waals surface area contributed by atoms with Crippen LogP contribution >= 0.6 is 11.3 Å². The fraction of sp³-hybridized carbons (Fsp3) is 0.474. The average Bonchev–Trinajstić information content (AvgIpc) is 3.04. The highest BCUT2D eigenvalue weighted by Gasteiger charge is 2.50. The summed E-state index contributed by atoms with van der Waals surface area (Å²) >= 11 is 1.51. The van der Waals surface area contributed by atoms with Crippen LogP contribution in [0.4, 0.5) is 0 Å². The van der Waals surface area contributed by atoms with Crippen LogP contribution in [0.5, 0.6) is 0 Å². The van der Waals surface area contributed by atoms with Crippen molar-refractivity contribution in [1.29, 1.82) is 0 Å². The number of carbonyl (C=O) groups excluding carboxylic acids is 1. The van der Waals surface area contributed by atoms with Crippen molar-refractivity contribution < 1.29 is 14.3 Å². The zero-order valence-electron chi connectivity index (χ0n) is 14.3. The van der Waals surface area contributed by atoms with Crippen molar-refractivity contribution in [1.82, 2.24) is 9.88 Å². The van der Waals surface area contributed by atoms with Gasteiger partial charge in [-0.3, -0.25) is 9.78 Å². The third-order valence-corrected chi connectivity index (χ3v) is 5.99. The Morgan fingerprint density at radius 3 is 2.92 bits per heavy atom. The molecule has 1 amide bonds. The monoisotopic (exact) mass is 358 g/mol. The van der Waals surface area contributed by atoms with Gasteiger partial charge in [-0.25, -0.2) is 0 Å². The molecular weight excluding hydrogens is 336 g/mol. The van der Waals surface area contributed by atoms with Crippen LogP contribution in [0.25, 0.3) is 0 Å². The minimum Gasteiger partial charge on any atom is -0.373 e. The van der Waals surface area contributed by atoms with Crippen LogP contribution in [0.2, 0.25) is 0 Å². The zero-order valence-corrected chi connectivity index (χ0v) is 15.1. The van der Waals surface area contributed by atoms with E-state index in [0.717, 1.165) is 28.8 Å². The second kappa shape index (κ2) is 6.86. The van der Waals surface area contributed by atoms with E-state index in [1.165, 1.54) is 11.3 Å². The summed E-state index contributed by atoms with van der Waals surface area (Å²) in [7, 11) is 0. The third kappa shape index (κ3) is 3.47. The van der Waals surface area contributed by atoms with Gasteiger partial charge in [-0.15, -0.1) is 11.3 Å². The number of rotatable bonds is 4. The fourth-order valence-corrected chi connectivity index (χ4v) is 4.46. The molecule has 0 radical (unpaired) electrons. The van der Waals surface area contributed by atoms with Crippen LogP contribution in [-0.4, -0.2) is 47.2 Å². The lowest BCUT2D eigenvalue weighted by Gasteiger charge is -2.52. The summed E-state index contributed by atoms with van der Waals surface area (Å²) < 4.78 is 12.1. The van der Waals surface area contributed by atoms with Crippen LogP contribution in [0.15, 0.2) is 36.0 Å². The first-order valence-corrected chi connectivity index (χ1v) is 9.51. The summed E-state index contributed by atoms with van der Waals surface area (Å²) in [6.07, 6.45) is 5.51. The summed E-state index contributed by atoms with van der Waals surface area (Å²) in [6.45, 7) is 4.61. The second-order valence-corrected chi connectivity index (χ2v) is 7.82. The van der Waals surface area contributed by atoms with E-state index in [1.807, 2.05) is 35.4 Å². The standard InChI is InChI=1S/C19H22N2O3S/c1-14-5-9-25-17(14)18(22)21-12-19(13-21)10-16(4-8-24-19)23-11-15-2-6-20-7-3-15/h2-3,5-7,9,16H,4,8,10-13H2,1H3. The molecule has 132 valence electrons. The van der Waals surface area contributed by atoms with Gasteiger partial charge in [-0.05, 0) is 48.1 Å². The fourth-order valence-electron chi connectivity index (χ4n) is 3.57. The van der Waals surface area contributed by atoms with E-state index in [4.69, 9.17) is 9.47 Å². The molecule has 0 saturated carbocycles. The van der Waals surface area contributed by atoms with Crippen LogP contribution < -0.4 is 0 Å². The summed E-state index contributed by atoms with van der Waals surface area (Å²) in [4.78, 5) is 19.3. The highest BCUT2D eigenvalue weighted by molar-refractivity contribution is 7.12. The molecule has 25 heavy (non-hydrogen) atoms. The highest BCUT2D eigenvalue weighted by atomic mass is 32.1. The number of hydrogen-bond donors (Lipinski definition) is 0. The van der Waals surface area contributed by atoms with Crippen molar-refractivity contribution in [3.63, 3.8) is 0 Å². The van der Waals surface area contributed by atoms with Crippen molar-refractivity contribution in [3.05, 3.63) is 52.0 Å². The number of aromatic nitrogens is 1. The highest BCUT2D eigenvalue weighted by Crippen LogP contribution is 2.37. The van der Waals surface area contributed by atoms with Crippen LogP contribution in [-0.2, 0) is 16.1 Å². The van der Waals surface area contributed by atoms with Crippen LogP contribution in [0.1, 0.15) is 33.6 Å². The molecule has 0 bridgehead atoms. The minimum atomic E-state index is -0.220. The molecule has 1 atom stereocenters. The predicted octanol–water partition coefficient (Wildman–Crippen LogP) is 3.04. The normalized spacial score (nSPS) is 22.0. The number of hydrogen-bond acceptors (Lipinski definition) is 5. The lowest BCUT2D eigenvalue weighted by atomic mass is 9.84. The van der Waals surface area contributed by atoms with Gasteiger partial charge in [-0.1, -0.05) is 0 Å². The Morgan fingerprint density at radius 2 is 2.20 bits per heavy atom. The molecule has 2 aromatic rings. The largest absolute Gasteiger partial charge is 0.373 e. The van der Waals surface area contributed by atoms with Gasteiger partial charge in [0.15, 0.2) is 0 Å². The SMILES string of the molecule is Cc1ccsc1C(=O)N1CC2(CC(OCc3ccncc3)CCO2)C1. The van der Waals surface area contributed by atoms with Crippen molar-refractivity contribution in [2.45, 2.75) is 38.1 Å². The molecule has 5 nitrogen and oxygen atoms in total. The van der Waals surface area contributed by atoms with E-state index in [2.05, 4.69) is 4.98 Å². The van der Waals surface area contributed by atoms with E-state index in [1.54, 1.807) is 12.4 Å². The molecule has 2 saturated heterocycles. The first-order chi connectivity index (χ1) is 12.2. The number of likely N-dealkylation sites (tertiary alicyclic amines) is 1. The zero-order chi connectivity index (χ0) is 17.3. The van der Waals surface area contributed by atoms with Crippen LogP contribution in [0.3, 0.4) is 0 Å². The Morgan fingerprint density at radius 1 is 1.40 bits per heavy atom. The Labute approximate surface area is 151 Å². The van der Waals surface area contributed by atoms with Crippen molar-refractivity contribution in [2.75, 3.05) is 19.7 Å². The maximum atomic E-state index is 12.6. The molecule has 2 fully saturated rings. The number of ether oxygens (including phenoxy) is 2. The molecule has 0 N–H and O–H groups in total. The molecular formula is C19H22N2O3S. The topological polar surface area (TPSA) is 51.7 Å². The van der Waals surface area contributed by atoms with Crippen molar-refractivity contribution in [2.24, 2.45) is 0 Å². The molecule has 0 aromatic carbocycles. The molecule has 2 aliphatic rings. The summed E-state index contributed by atoms with van der Waals surface area (Å²) in [6, 6.07) is 5.94. The molecule has 2 aromatic heterocycles. The Balaban J connectivity index is 1.32. The number of aryl methyl sites for hydroxylation is 1. The lowest BCUT2D eigenvalue weighted by Crippen LogP contribution is -2.67. The Hall–Kier alpha value is -1.76. The van der Waals surface area contributed by atoms with E-state index in [9.17, 15) is 4.79 Å². The summed E-state index contributed by atoms with van der Waals surface area (Å²) in [5.41, 5.74) is 1.97. The predicted molar refractivity (Wildman–Crippen MR) is 95.7 cm³/mol. The third-order valence-electron chi connectivity index (χ3n) is 4.98. The Kier molecular flexibility index (Phi) is 4.58. The maximum absolute atomic E-state index is 12.6. The van der Waals surface area contributed by atoms with Gasteiger partial charge in [0.1, 0.15) is 5.60 Å². The first kappa shape index (κ1) is 16.7. The van der Waals surface area contributed by atoms with Gasteiger partial charge in [0.2, 0.25) is 0 Å².